The smallest absolute Gasteiger partial charge is 0.316 e. The molecule has 2 atom stereocenters. The van der Waals surface area contributed by atoms with Crippen molar-refractivity contribution < 1.29 is 13.2 Å². The maximum absolute atomic E-state index is 13.7. The van der Waals surface area contributed by atoms with Crippen LogP contribution in [-0.4, -0.2) is 60.0 Å². The Morgan fingerprint density at radius 2 is 1.57 bits per heavy atom. The molecule has 196 valence electrons. The highest BCUT2D eigenvalue weighted by Crippen LogP contribution is 2.37. The molecule has 37 heavy (non-hydrogen) atoms. The van der Waals surface area contributed by atoms with Crippen LogP contribution in [0.5, 0.6) is 5.75 Å². The normalized spacial score (nSPS) is 20.9. The largest absolute Gasteiger partial charge is 0.483 e. The number of ether oxygens (including phenoxy) is 1. The van der Waals surface area contributed by atoms with Gasteiger partial charge in [0.2, 0.25) is 15.8 Å². The maximum Gasteiger partial charge on any atom is 0.316 e. The van der Waals surface area contributed by atoms with Crippen molar-refractivity contribution in [3.8, 4) is 11.4 Å². The number of rotatable bonds is 7. The molecule has 0 amide bonds. The van der Waals surface area contributed by atoms with E-state index in [1.165, 1.54) is 14.6 Å². The summed E-state index contributed by atoms with van der Waals surface area (Å²) < 4.78 is 34.7. The van der Waals surface area contributed by atoms with Crippen LogP contribution in [0.25, 0.3) is 5.69 Å². The second-order valence-electron chi connectivity index (χ2n) is 10.1. The lowest BCUT2D eigenvalue weighted by Crippen LogP contribution is -2.50. The molecule has 2 heterocycles. The van der Waals surface area contributed by atoms with E-state index in [0.717, 1.165) is 19.3 Å². The first kappa shape index (κ1) is 25.5. The molecule has 0 N–H and O–H groups in total. The highest BCUT2D eigenvalue weighted by Gasteiger charge is 2.33. The number of piperazine rings is 1. The number of aromatic nitrogens is 2. The quantitative estimate of drug-likeness (QED) is 0.469. The number of nitrogens with zero attached hydrogens (tertiary/aromatic N) is 4. The molecule has 0 radical (unpaired) electrons. The molecule has 2 fully saturated rings. The zero-order chi connectivity index (χ0) is 26.0. The van der Waals surface area contributed by atoms with Crippen LogP contribution >= 0.6 is 0 Å². The Bertz CT molecular complexity index is 1370. The van der Waals surface area contributed by atoms with Gasteiger partial charge in [-0.2, -0.15) is 14.1 Å². The van der Waals surface area contributed by atoms with E-state index in [9.17, 15) is 13.2 Å². The lowest BCUT2D eigenvalue weighted by molar-refractivity contribution is 0.204. The van der Waals surface area contributed by atoms with Gasteiger partial charge in [0.25, 0.3) is 0 Å². The van der Waals surface area contributed by atoms with Gasteiger partial charge in [0.05, 0.1) is 23.2 Å². The van der Waals surface area contributed by atoms with Gasteiger partial charge in [-0.05, 0) is 56.7 Å². The van der Waals surface area contributed by atoms with Crippen molar-refractivity contribution >= 4 is 15.7 Å². The Morgan fingerprint density at radius 3 is 2.22 bits per heavy atom. The Morgan fingerprint density at radius 1 is 0.919 bits per heavy atom. The Hall–Kier alpha value is -3.17. The maximum atomic E-state index is 13.7. The fourth-order valence-electron chi connectivity index (χ4n) is 5.24. The molecule has 1 saturated heterocycles. The van der Waals surface area contributed by atoms with Crippen LogP contribution in [0.2, 0.25) is 0 Å². The second kappa shape index (κ2) is 10.7. The predicted molar refractivity (Wildman–Crippen MR) is 145 cm³/mol. The number of hydrogen-bond donors (Lipinski definition) is 0. The number of hydrogen-bond acceptors (Lipinski definition) is 6. The number of sulfonamides is 1. The minimum atomic E-state index is -3.32. The molecule has 2 aromatic carbocycles. The minimum absolute atomic E-state index is 0.0779. The standard InChI is InChI=1S/C28H34N4O4S/c1-21(2)37(34,35)31-17-15-30(16-18-31)26-20-29-32(24-11-7-4-8-12-24)28(33)27(26)36-25-14-13-23(19-25)22-9-5-3-6-10-22/h3-12,20-21,23,25H,13-19H2,1-2H3. The van der Waals surface area contributed by atoms with Crippen LogP contribution in [0.1, 0.15) is 44.6 Å². The van der Waals surface area contributed by atoms with Crippen LogP contribution in [0, 0.1) is 0 Å². The average molecular weight is 523 g/mol. The van der Waals surface area contributed by atoms with E-state index in [-0.39, 0.29) is 17.4 Å². The summed E-state index contributed by atoms with van der Waals surface area (Å²) >= 11 is 0. The SMILES string of the molecule is CC(C)S(=O)(=O)N1CCN(c2cnn(-c3ccccc3)c(=O)c2OC2CCC(c3ccccc3)C2)CC1. The van der Waals surface area contributed by atoms with Gasteiger partial charge in [-0.15, -0.1) is 0 Å². The summed E-state index contributed by atoms with van der Waals surface area (Å²) in [6, 6.07) is 19.8. The summed E-state index contributed by atoms with van der Waals surface area (Å²) in [6.45, 7) is 5.06. The highest BCUT2D eigenvalue weighted by molar-refractivity contribution is 7.89. The molecule has 1 aliphatic heterocycles. The van der Waals surface area contributed by atoms with E-state index in [0.29, 0.717) is 43.5 Å². The number of anilines is 1. The summed E-state index contributed by atoms with van der Waals surface area (Å²) in [4.78, 5) is 15.8. The Labute approximate surface area is 218 Å². The Balaban J connectivity index is 1.42. The van der Waals surface area contributed by atoms with Crippen LogP contribution in [0.4, 0.5) is 5.69 Å². The van der Waals surface area contributed by atoms with Crippen molar-refractivity contribution in [2.24, 2.45) is 0 Å². The van der Waals surface area contributed by atoms with Gasteiger partial charge in [0.15, 0.2) is 0 Å². The van der Waals surface area contributed by atoms with Crippen molar-refractivity contribution in [2.45, 2.75) is 50.4 Å². The molecular weight excluding hydrogens is 488 g/mol. The summed E-state index contributed by atoms with van der Waals surface area (Å²) in [7, 11) is -3.32. The van der Waals surface area contributed by atoms with Gasteiger partial charge in [-0.1, -0.05) is 48.5 Å². The van der Waals surface area contributed by atoms with Gasteiger partial charge in [0, 0.05) is 26.2 Å². The Kier molecular flexibility index (Phi) is 7.35. The fraction of sp³-hybridized carbons (Fsp3) is 0.429. The first-order valence-corrected chi connectivity index (χ1v) is 14.5. The molecule has 2 unspecified atom stereocenters. The minimum Gasteiger partial charge on any atom is -0.483 e. The molecule has 0 bridgehead atoms. The van der Waals surface area contributed by atoms with Crippen LogP contribution in [0.3, 0.4) is 0 Å². The van der Waals surface area contributed by atoms with E-state index in [1.54, 1.807) is 20.0 Å². The molecule has 2 aliphatic rings. The molecule has 5 rings (SSSR count). The van der Waals surface area contributed by atoms with Gasteiger partial charge >= 0.3 is 5.56 Å². The lowest BCUT2D eigenvalue weighted by Gasteiger charge is -2.36. The molecule has 0 spiro atoms. The molecule has 9 heteroatoms. The van der Waals surface area contributed by atoms with Crippen LogP contribution in [0.15, 0.2) is 71.7 Å². The van der Waals surface area contributed by atoms with E-state index in [4.69, 9.17) is 4.74 Å². The van der Waals surface area contributed by atoms with Crippen LogP contribution < -0.4 is 15.2 Å². The molecule has 3 aromatic rings. The van der Waals surface area contributed by atoms with Gasteiger partial charge in [0.1, 0.15) is 5.69 Å². The van der Waals surface area contributed by atoms with E-state index in [1.807, 2.05) is 41.3 Å². The predicted octanol–water partition coefficient (Wildman–Crippen LogP) is 3.81. The third kappa shape index (κ3) is 5.29. The van der Waals surface area contributed by atoms with Gasteiger partial charge in [-0.3, -0.25) is 4.79 Å². The summed E-state index contributed by atoms with van der Waals surface area (Å²) in [5, 5.41) is 4.00. The number of para-hydroxylation sites is 1. The molecular formula is C28H34N4O4S. The van der Waals surface area contributed by atoms with E-state index >= 15 is 0 Å². The summed E-state index contributed by atoms with van der Waals surface area (Å²) in [5.41, 5.74) is 2.30. The third-order valence-electron chi connectivity index (χ3n) is 7.39. The monoisotopic (exact) mass is 522 g/mol. The third-order valence-corrected chi connectivity index (χ3v) is 9.67. The van der Waals surface area contributed by atoms with Crippen LogP contribution in [-0.2, 0) is 10.0 Å². The van der Waals surface area contributed by atoms with Crippen molar-refractivity contribution in [3.05, 3.63) is 82.8 Å². The highest BCUT2D eigenvalue weighted by atomic mass is 32.2. The molecule has 8 nitrogen and oxygen atoms in total. The first-order chi connectivity index (χ1) is 17.8. The average Bonchev–Trinajstić information content (AvgIpc) is 3.39. The summed E-state index contributed by atoms with van der Waals surface area (Å²) in [5.74, 6) is 0.690. The topological polar surface area (TPSA) is 84.7 Å². The van der Waals surface area contributed by atoms with E-state index < -0.39 is 15.3 Å². The molecule has 1 aromatic heterocycles. The zero-order valence-electron chi connectivity index (χ0n) is 21.4. The van der Waals surface area contributed by atoms with Crippen molar-refractivity contribution in [3.63, 3.8) is 0 Å². The van der Waals surface area contributed by atoms with Crippen molar-refractivity contribution in [2.75, 3.05) is 31.1 Å². The summed E-state index contributed by atoms with van der Waals surface area (Å²) in [6.07, 6.45) is 4.32. The van der Waals surface area contributed by atoms with Crippen molar-refractivity contribution in [1.82, 2.24) is 14.1 Å². The second-order valence-corrected chi connectivity index (χ2v) is 12.5. The van der Waals surface area contributed by atoms with Crippen molar-refractivity contribution in [1.29, 1.82) is 0 Å². The lowest BCUT2D eigenvalue weighted by atomic mass is 9.98. The zero-order valence-corrected chi connectivity index (χ0v) is 22.2. The molecule has 1 saturated carbocycles. The van der Waals surface area contributed by atoms with Gasteiger partial charge < -0.3 is 9.64 Å². The van der Waals surface area contributed by atoms with E-state index in [2.05, 4.69) is 29.4 Å². The fourth-order valence-corrected chi connectivity index (χ4v) is 6.51. The van der Waals surface area contributed by atoms with Gasteiger partial charge in [-0.25, -0.2) is 8.42 Å². The molecule has 1 aliphatic carbocycles. The number of benzene rings is 2. The first-order valence-electron chi connectivity index (χ1n) is 13.0.